The molecule has 156 valence electrons. The van der Waals surface area contributed by atoms with Crippen LogP contribution < -0.4 is 15.0 Å². The van der Waals surface area contributed by atoms with Gasteiger partial charge in [0.2, 0.25) is 5.91 Å². The second-order valence-electron chi connectivity index (χ2n) is 6.88. The molecule has 7 heteroatoms. The lowest BCUT2D eigenvalue weighted by molar-refractivity contribution is -0.115. The van der Waals surface area contributed by atoms with Crippen LogP contribution >= 0.6 is 0 Å². The Morgan fingerprint density at radius 3 is 2.13 bits per heavy atom. The van der Waals surface area contributed by atoms with Gasteiger partial charge in [0.05, 0.1) is 18.6 Å². The minimum absolute atomic E-state index is 0.134. The topological polar surface area (TPSA) is 75.7 Å². The van der Waals surface area contributed by atoms with Gasteiger partial charge in [0.15, 0.2) is 9.84 Å². The fourth-order valence-corrected chi connectivity index (χ4v) is 3.63. The minimum atomic E-state index is -3.27. The Morgan fingerprint density at radius 2 is 1.57 bits per heavy atom. The number of benzene rings is 3. The molecule has 0 radical (unpaired) electrons. The van der Waals surface area contributed by atoms with Gasteiger partial charge in [-0.05, 0) is 54.1 Å². The second kappa shape index (κ2) is 9.45. The van der Waals surface area contributed by atoms with Crippen molar-refractivity contribution in [3.05, 3.63) is 84.4 Å². The molecule has 0 bridgehead atoms. The van der Waals surface area contributed by atoms with Crippen molar-refractivity contribution in [2.75, 3.05) is 30.1 Å². The minimum Gasteiger partial charge on any atom is -0.497 e. The summed E-state index contributed by atoms with van der Waals surface area (Å²) in [5, 5.41) is 2.83. The summed E-state index contributed by atoms with van der Waals surface area (Å²) in [6, 6.07) is 23.6. The van der Waals surface area contributed by atoms with E-state index in [4.69, 9.17) is 4.74 Å². The SMILES string of the molecule is COc1ccc(N(CC(=O)Nc2ccc(S(C)(=O)=O)cc2)Cc2ccccc2)cc1. The molecule has 0 aliphatic heterocycles. The van der Waals surface area contributed by atoms with Gasteiger partial charge in [0.25, 0.3) is 0 Å². The molecular formula is C23H24N2O4S. The van der Waals surface area contributed by atoms with Crippen LogP contribution in [-0.2, 0) is 21.2 Å². The summed E-state index contributed by atoms with van der Waals surface area (Å²) in [6.07, 6.45) is 1.15. The number of nitrogens with one attached hydrogen (secondary N) is 1. The molecule has 0 aliphatic carbocycles. The Kier molecular flexibility index (Phi) is 6.74. The molecule has 0 heterocycles. The van der Waals surface area contributed by atoms with E-state index < -0.39 is 9.84 Å². The standard InChI is InChI=1S/C23H24N2O4S/c1-29-21-12-10-20(11-13-21)25(16-18-6-4-3-5-7-18)17-23(26)24-19-8-14-22(15-9-19)30(2,27)28/h3-15H,16-17H2,1-2H3,(H,24,26). The van der Waals surface area contributed by atoms with Crippen LogP contribution in [0.2, 0.25) is 0 Å². The van der Waals surface area contributed by atoms with Gasteiger partial charge in [-0.2, -0.15) is 0 Å². The summed E-state index contributed by atoms with van der Waals surface area (Å²) >= 11 is 0. The predicted octanol–water partition coefficient (Wildman–Crippen LogP) is 3.74. The molecule has 0 unspecified atom stereocenters. The Balaban J connectivity index is 1.75. The molecule has 0 fully saturated rings. The van der Waals surface area contributed by atoms with Crippen molar-refractivity contribution in [3.8, 4) is 5.75 Å². The molecule has 3 aromatic carbocycles. The van der Waals surface area contributed by atoms with Gasteiger partial charge in [0, 0.05) is 24.2 Å². The number of hydrogen-bond acceptors (Lipinski definition) is 5. The predicted molar refractivity (Wildman–Crippen MR) is 119 cm³/mol. The van der Waals surface area contributed by atoms with Gasteiger partial charge in [-0.3, -0.25) is 4.79 Å². The Morgan fingerprint density at radius 1 is 0.933 bits per heavy atom. The lowest BCUT2D eigenvalue weighted by atomic mass is 10.2. The van der Waals surface area contributed by atoms with Crippen molar-refractivity contribution in [2.45, 2.75) is 11.4 Å². The summed E-state index contributed by atoms with van der Waals surface area (Å²) in [6.45, 7) is 0.697. The van der Waals surface area contributed by atoms with Crippen LogP contribution in [-0.4, -0.2) is 34.2 Å². The fourth-order valence-electron chi connectivity index (χ4n) is 2.99. The first-order valence-corrected chi connectivity index (χ1v) is 11.3. The van der Waals surface area contributed by atoms with Crippen LogP contribution in [0, 0.1) is 0 Å². The summed E-state index contributed by atoms with van der Waals surface area (Å²) in [5.41, 5.74) is 2.52. The van der Waals surface area contributed by atoms with E-state index in [-0.39, 0.29) is 17.3 Å². The lowest BCUT2D eigenvalue weighted by Gasteiger charge is -2.24. The zero-order valence-electron chi connectivity index (χ0n) is 16.9. The fraction of sp³-hybridized carbons (Fsp3) is 0.174. The van der Waals surface area contributed by atoms with E-state index in [1.165, 1.54) is 12.1 Å². The molecule has 0 saturated heterocycles. The van der Waals surface area contributed by atoms with Crippen LogP contribution in [0.4, 0.5) is 11.4 Å². The first kappa shape index (κ1) is 21.4. The molecule has 0 spiro atoms. The van der Waals surface area contributed by atoms with Crippen LogP contribution in [0.5, 0.6) is 5.75 Å². The third-order valence-electron chi connectivity index (χ3n) is 4.55. The van der Waals surface area contributed by atoms with Gasteiger partial charge in [0.1, 0.15) is 5.75 Å². The number of nitrogens with zero attached hydrogens (tertiary/aromatic N) is 1. The van der Waals surface area contributed by atoms with Crippen LogP contribution in [0.1, 0.15) is 5.56 Å². The number of sulfone groups is 1. The van der Waals surface area contributed by atoms with E-state index in [0.29, 0.717) is 12.2 Å². The van der Waals surface area contributed by atoms with Crippen molar-refractivity contribution < 1.29 is 17.9 Å². The number of carbonyl (C=O) groups excluding carboxylic acids is 1. The highest BCUT2D eigenvalue weighted by molar-refractivity contribution is 7.90. The number of carbonyl (C=O) groups is 1. The third-order valence-corrected chi connectivity index (χ3v) is 5.68. The Hall–Kier alpha value is -3.32. The van der Waals surface area contributed by atoms with Crippen molar-refractivity contribution in [3.63, 3.8) is 0 Å². The van der Waals surface area contributed by atoms with Gasteiger partial charge in [-0.15, -0.1) is 0 Å². The largest absolute Gasteiger partial charge is 0.497 e. The van der Waals surface area contributed by atoms with Crippen molar-refractivity contribution in [1.29, 1.82) is 0 Å². The number of hydrogen-bond donors (Lipinski definition) is 1. The summed E-state index contributed by atoms with van der Waals surface area (Å²) in [7, 11) is -1.66. The maximum atomic E-state index is 12.7. The van der Waals surface area contributed by atoms with Crippen molar-refractivity contribution >= 4 is 27.1 Å². The Bertz CT molecular complexity index is 1080. The Labute approximate surface area is 177 Å². The normalized spacial score (nSPS) is 11.0. The zero-order valence-corrected chi connectivity index (χ0v) is 17.7. The quantitative estimate of drug-likeness (QED) is 0.596. The highest BCUT2D eigenvalue weighted by Gasteiger charge is 2.14. The van der Waals surface area contributed by atoms with Gasteiger partial charge < -0.3 is 15.0 Å². The molecule has 0 aliphatic rings. The highest BCUT2D eigenvalue weighted by Crippen LogP contribution is 2.21. The van der Waals surface area contributed by atoms with Gasteiger partial charge in [-0.1, -0.05) is 30.3 Å². The average Bonchev–Trinajstić information content (AvgIpc) is 2.74. The number of anilines is 2. The second-order valence-corrected chi connectivity index (χ2v) is 8.90. The molecule has 0 aromatic heterocycles. The van der Waals surface area contributed by atoms with Gasteiger partial charge in [-0.25, -0.2) is 8.42 Å². The van der Waals surface area contributed by atoms with E-state index in [2.05, 4.69) is 5.32 Å². The van der Waals surface area contributed by atoms with Crippen LogP contribution in [0.3, 0.4) is 0 Å². The van der Waals surface area contributed by atoms with E-state index in [0.717, 1.165) is 23.3 Å². The molecule has 3 rings (SSSR count). The van der Waals surface area contributed by atoms with Gasteiger partial charge >= 0.3 is 0 Å². The van der Waals surface area contributed by atoms with E-state index >= 15 is 0 Å². The van der Waals surface area contributed by atoms with Crippen LogP contribution in [0.15, 0.2) is 83.8 Å². The maximum Gasteiger partial charge on any atom is 0.243 e. The van der Waals surface area contributed by atoms with E-state index in [1.807, 2.05) is 59.5 Å². The lowest BCUT2D eigenvalue weighted by Crippen LogP contribution is -2.32. The average molecular weight is 425 g/mol. The van der Waals surface area contributed by atoms with E-state index in [9.17, 15) is 13.2 Å². The number of rotatable bonds is 8. The van der Waals surface area contributed by atoms with Crippen LogP contribution in [0.25, 0.3) is 0 Å². The molecule has 1 amide bonds. The van der Waals surface area contributed by atoms with Crippen molar-refractivity contribution in [2.24, 2.45) is 0 Å². The molecule has 0 saturated carbocycles. The third kappa shape index (κ3) is 5.84. The summed E-state index contributed by atoms with van der Waals surface area (Å²) in [5.74, 6) is 0.544. The zero-order chi connectivity index (χ0) is 21.6. The molecule has 1 N–H and O–H groups in total. The molecular weight excluding hydrogens is 400 g/mol. The maximum absolute atomic E-state index is 12.7. The molecule has 0 atom stereocenters. The monoisotopic (exact) mass is 424 g/mol. The first-order valence-electron chi connectivity index (χ1n) is 9.38. The number of ether oxygens (including phenoxy) is 1. The molecule has 30 heavy (non-hydrogen) atoms. The number of methoxy groups -OCH3 is 1. The smallest absolute Gasteiger partial charge is 0.243 e. The summed E-state index contributed by atoms with van der Waals surface area (Å²) < 4.78 is 28.4. The van der Waals surface area contributed by atoms with E-state index in [1.54, 1.807) is 19.2 Å². The highest BCUT2D eigenvalue weighted by atomic mass is 32.2. The molecule has 3 aromatic rings. The molecule has 6 nitrogen and oxygen atoms in total. The first-order chi connectivity index (χ1) is 14.3. The number of amides is 1. The summed E-state index contributed by atoms with van der Waals surface area (Å²) in [4.78, 5) is 14.9. The van der Waals surface area contributed by atoms with Crippen molar-refractivity contribution in [1.82, 2.24) is 0 Å².